The van der Waals surface area contributed by atoms with Crippen LogP contribution in [-0.4, -0.2) is 22.0 Å². The highest BCUT2D eigenvalue weighted by Gasteiger charge is 2.30. The second-order valence-corrected chi connectivity index (χ2v) is 4.46. The lowest BCUT2D eigenvalue weighted by atomic mass is 10.2. The minimum Gasteiger partial charge on any atom is -0.380 e. The lowest BCUT2D eigenvalue weighted by molar-refractivity contribution is -0.136. The smallest absolute Gasteiger partial charge is 0.380 e. The van der Waals surface area contributed by atoms with Crippen molar-refractivity contribution in [1.29, 1.82) is 0 Å². The maximum atomic E-state index is 12.1. The van der Waals surface area contributed by atoms with Crippen LogP contribution in [0.1, 0.15) is 13.3 Å². The van der Waals surface area contributed by atoms with Crippen LogP contribution in [0, 0.1) is 0 Å². The highest BCUT2D eigenvalue weighted by molar-refractivity contribution is 9.10. The summed E-state index contributed by atoms with van der Waals surface area (Å²) >= 11 is 3.02. The summed E-state index contributed by atoms with van der Waals surface area (Å²) in [6.07, 6.45) is -3.92. The summed E-state index contributed by atoms with van der Waals surface area (Å²) in [5.74, 6) is 0. The fourth-order valence-corrected chi connectivity index (χ4v) is 1.75. The third-order valence-electron chi connectivity index (χ3n) is 2.02. The summed E-state index contributed by atoms with van der Waals surface area (Å²) in [6.45, 7) is 1.39. The number of nitrogens with one attached hydrogen (secondary N) is 1. The first kappa shape index (κ1) is 14.0. The van der Waals surface area contributed by atoms with Gasteiger partial charge in [0.1, 0.15) is 4.47 Å². The molecule has 0 aliphatic carbocycles. The predicted octanol–water partition coefficient (Wildman–Crippen LogP) is 2.30. The first-order valence-corrected chi connectivity index (χ1v) is 5.55. The quantitative estimate of drug-likeness (QED) is 0.931. The Morgan fingerprint density at radius 1 is 1.59 bits per heavy atom. The average molecular weight is 314 g/mol. The zero-order chi connectivity index (χ0) is 13.2. The Hall–Kier alpha value is -1.05. The molecule has 1 rings (SSSR count). The van der Waals surface area contributed by atoms with Crippen LogP contribution in [0.3, 0.4) is 0 Å². The Kier molecular flexibility index (Phi) is 4.18. The molecule has 0 aliphatic rings. The van der Waals surface area contributed by atoms with Gasteiger partial charge in [-0.1, -0.05) is 0 Å². The highest BCUT2D eigenvalue weighted by Crippen LogP contribution is 2.24. The van der Waals surface area contributed by atoms with Gasteiger partial charge in [-0.3, -0.25) is 4.79 Å². The van der Waals surface area contributed by atoms with Crippen LogP contribution < -0.4 is 10.9 Å². The van der Waals surface area contributed by atoms with E-state index in [-0.39, 0.29) is 10.2 Å². The fraction of sp³-hybridized carbons (Fsp3) is 0.556. The molecule has 1 aromatic heterocycles. The number of hydrogen-bond acceptors (Lipinski definition) is 3. The molecule has 17 heavy (non-hydrogen) atoms. The van der Waals surface area contributed by atoms with Gasteiger partial charge in [0.2, 0.25) is 0 Å². The molecule has 0 radical (unpaired) electrons. The van der Waals surface area contributed by atoms with Crippen molar-refractivity contribution >= 4 is 21.6 Å². The summed E-state index contributed by atoms with van der Waals surface area (Å²) in [6, 6.07) is -0.833. The van der Waals surface area contributed by atoms with Crippen molar-refractivity contribution in [3.05, 3.63) is 21.0 Å². The van der Waals surface area contributed by atoms with Gasteiger partial charge in [0.15, 0.2) is 0 Å². The SMILES string of the molecule is CC(CC(F)(F)F)Nc1cnn(C)c(=O)c1Br. The number of nitrogens with zero attached hydrogens (tertiary/aromatic N) is 2. The molecule has 0 saturated carbocycles. The molecule has 8 heteroatoms. The van der Waals surface area contributed by atoms with Gasteiger partial charge >= 0.3 is 6.18 Å². The Labute approximate surface area is 104 Å². The zero-order valence-electron chi connectivity index (χ0n) is 9.18. The van der Waals surface area contributed by atoms with E-state index in [1.165, 1.54) is 20.2 Å². The molecule has 1 unspecified atom stereocenters. The van der Waals surface area contributed by atoms with Gasteiger partial charge in [-0.05, 0) is 22.9 Å². The third kappa shape index (κ3) is 4.03. The summed E-state index contributed by atoms with van der Waals surface area (Å²) in [5.41, 5.74) is -0.154. The molecule has 0 bridgehead atoms. The van der Waals surface area contributed by atoms with Crippen molar-refractivity contribution in [1.82, 2.24) is 9.78 Å². The molecule has 0 saturated heterocycles. The predicted molar refractivity (Wildman–Crippen MR) is 60.9 cm³/mol. The highest BCUT2D eigenvalue weighted by atomic mass is 79.9. The molecule has 0 spiro atoms. The standard InChI is InChI=1S/C9H11BrF3N3O/c1-5(3-9(11,12)13)15-6-4-14-16(2)8(17)7(6)10/h4-5,15H,3H2,1-2H3. The van der Waals surface area contributed by atoms with E-state index in [2.05, 4.69) is 26.3 Å². The monoisotopic (exact) mass is 313 g/mol. The molecular weight excluding hydrogens is 303 g/mol. The van der Waals surface area contributed by atoms with Crippen molar-refractivity contribution < 1.29 is 13.2 Å². The normalized spacial score (nSPS) is 13.5. The van der Waals surface area contributed by atoms with Crippen molar-refractivity contribution in [2.24, 2.45) is 7.05 Å². The fourth-order valence-electron chi connectivity index (χ4n) is 1.28. The molecule has 0 aliphatic heterocycles. The lowest BCUT2D eigenvalue weighted by Gasteiger charge is -2.17. The minimum atomic E-state index is -4.24. The summed E-state index contributed by atoms with van der Waals surface area (Å²) in [5, 5.41) is 6.31. The second kappa shape index (κ2) is 5.07. The van der Waals surface area contributed by atoms with Crippen LogP contribution in [0.25, 0.3) is 0 Å². The van der Waals surface area contributed by atoms with Crippen molar-refractivity contribution in [3.63, 3.8) is 0 Å². The summed E-state index contributed by atoms with van der Waals surface area (Å²) < 4.78 is 37.6. The van der Waals surface area contributed by atoms with E-state index in [1.807, 2.05) is 0 Å². The van der Waals surface area contributed by atoms with Gasteiger partial charge in [-0.15, -0.1) is 0 Å². The molecule has 1 N–H and O–H groups in total. The molecule has 1 atom stereocenters. The Balaban J connectivity index is 2.83. The first-order chi connectivity index (χ1) is 7.70. The first-order valence-electron chi connectivity index (χ1n) is 4.76. The topological polar surface area (TPSA) is 46.9 Å². The summed E-state index contributed by atoms with van der Waals surface area (Å²) in [4.78, 5) is 11.4. The Bertz CT molecular complexity index is 458. The number of halogens is 4. The summed E-state index contributed by atoms with van der Waals surface area (Å²) in [7, 11) is 1.45. The molecule has 1 aromatic rings. The molecule has 96 valence electrons. The number of hydrogen-bond donors (Lipinski definition) is 1. The molecule has 0 amide bonds. The maximum absolute atomic E-state index is 12.1. The molecular formula is C9H11BrF3N3O. The van der Waals surface area contributed by atoms with Crippen molar-refractivity contribution in [3.8, 4) is 0 Å². The van der Waals surface area contributed by atoms with E-state index in [0.717, 1.165) is 4.68 Å². The van der Waals surface area contributed by atoms with Crippen molar-refractivity contribution in [2.75, 3.05) is 5.32 Å². The molecule has 0 aromatic carbocycles. The van der Waals surface area contributed by atoms with Crippen molar-refractivity contribution in [2.45, 2.75) is 25.6 Å². The number of anilines is 1. The Morgan fingerprint density at radius 2 is 2.18 bits per heavy atom. The van der Waals surface area contributed by atoms with E-state index < -0.39 is 24.2 Å². The number of rotatable bonds is 3. The van der Waals surface area contributed by atoms with Gasteiger partial charge in [-0.25, -0.2) is 4.68 Å². The minimum absolute atomic E-state index is 0.170. The van der Waals surface area contributed by atoms with Crippen LogP contribution in [-0.2, 0) is 7.05 Å². The van der Waals surface area contributed by atoms with E-state index in [4.69, 9.17) is 0 Å². The zero-order valence-corrected chi connectivity index (χ0v) is 10.8. The van der Waals surface area contributed by atoms with Crippen LogP contribution in [0.5, 0.6) is 0 Å². The number of aromatic nitrogens is 2. The van der Waals surface area contributed by atoms with Crippen LogP contribution in [0.2, 0.25) is 0 Å². The maximum Gasteiger partial charge on any atom is 0.391 e. The van der Waals surface area contributed by atoms with Gasteiger partial charge in [0, 0.05) is 13.1 Å². The molecule has 1 heterocycles. The van der Waals surface area contributed by atoms with E-state index in [9.17, 15) is 18.0 Å². The largest absolute Gasteiger partial charge is 0.391 e. The Morgan fingerprint density at radius 3 is 2.71 bits per heavy atom. The van der Waals surface area contributed by atoms with Gasteiger partial charge in [0.25, 0.3) is 5.56 Å². The van der Waals surface area contributed by atoms with Crippen LogP contribution in [0.4, 0.5) is 18.9 Å². The van der Waals surface area contributed by atoms with Gasteiger partial charge in [0.05, 0.1) is 18.3 Å². The van der Waals surface area contributed by atoms with E-state index in [1.54, 1.807) is 0 Å². The third-order valence-corrected chi connectivity index (χ3v) is 2.78. The molecule has 4 nitrogen and oxygen atoms in total. The number of alkyl halides is 3. The average Bonchev–Trinajstić information content (AvgIpc) is 2.16. The van der Waals surface area contributed by atoms with E-state index in [0.29, 0.717) is 0 Å². The van der Waals surface area contributed by atoms with Crippen LogP contribution in [0.15, 0.2) is 15.5 Å². The van der Waals surface area contributed by atoms with Gasteiger partial charge in [-0.2, -0.15) is 18.3 Å². The van der Waals surface area contributed by atoms with Crippen LogP contribution >= 0.6 is 15.9 Å². The molecule has 0 fully saturated rings. The van der Waals surface area contributed by atoms with Gasteiger partial charge < -0.3 is 5.32 Å². The van der Waals surface area contributed by atoms with E-state index >= 15 is 0 Å². The number of aryl methyl sites for hydroxylation is 1. The second-order valence-electron chi connectivity index (χ2n) is 3.67. The lowest BCUT2D eigenvalue weighted by Crippen LogP contribution is -2.27.